The molecular weight excluding hydrogens is 220 g/mol. The first-order chi connectivity index (χ1) is 8.13. The molecule has 0 aromatic rings. The van der Waals surface area contributed by atoms with E-state index < -0.39 is 5.60 Å². The molecule has 94 valence electrons. The molecule has 5 heteroatoms. The molecule has 2 aliphatic rings. The molecule has 2 rings (SSSR count). The van der Waals surface area contributed by atoms with Crippen molar-refractivity contribution in [2.75, 3.05) is 19.6 Å². The van der Waals surface area contributed by atoms with Crippen molar-refractivity contribution in [1.82, 2.24) is 9.80 Å². The Labute approximate surface area is 101 Å². The fourth-order valence-corrected chi connectivity index (χ4v) is 2.47. The SMILES string of the molecule is C=C1N(CCC)C(=O)OC12CCN(C=O)CC2. The zero-order valence-electron chi connectivity index (χ0n) is 10.1. The highest BCUT2D eigenvalue weighted by molar-refractivity contribution is 5.75. The third kappa shape index (κ3) is 1.90. The Morgan fingerprint density at radius 2 is 2.12 bits per heavy atom. The van der Waals surface area contributed by atoms with Crippen LogP contribution >= 0.6 is 0 Å². The van der Waals surface area contributed by atoms with Gasteiger partial charge in [0.2, 0.25) is 6.41 Å². The molecule has 0 aliphatic carbocycles. The molecule has 17 heavy (non-hydrogen) atoms. The fourth-order valence-electron chi connectivity index (χ4n) is 2.47. The predicted octanol–water partition coefficient (Wildman–Crippen LogP) is 1.35. The minimum absolute atomic E-state index is 0.295. The summed E-state index contributed by atoms with van der Waals surface area (Å²) in [6.45, 7) is 7.91. The van der Waals surface area contributed by atoms with Crippen molar-refractivity contribution >= 4 is 12.5 Å². The Kier molecular flexibility index (Phi) is 3.09. The second kappa shape index (κ2) is 4.39. The van der Waals surface area contributed by atoms with Gasteiger partial charge in [0, 0.05) is 32.5 Å². The average molecular weight is 238 g/mol. The van der Waals surface area contributed by atoms with Gasteiger partial charge in [-0.2, -0.15) is 0 Å². The molecule has 0 radical (unpaired) electrons. The molecule has 0 N–H and O–H groups in total. The highest BCUT2D eigenvalue weighted by Gasteiger charge is 2.49. The van der Waals surface area contributed by atoms with Gasteiger partial charge in [-0.25, -0.2) is 4.79 Å². The number of hydrogen-bond donors (Lipinski definition) is 0. The van der Waals surface area contributed by atoms with Crippen molar-refractivity contribution < 1.29 is 14.3 Å². The lowest BCUT2D eigenvalue weighted by Crippen LogP contribution is -2.45. The molecule has 0 aromatic heterocycles. The van der Waals surface area contributed by atoms with E-state index in [0.29, 0.717) is 32.5 Å². The maximum Gasteiger partial charge on any atom is 0.415 e. The Hall–Kier alpha value is -1.52. The third-order valence-corrected chi connectivity index (χ3v) is 3.56. The van der Waals surface area contributed by atoms with Gasteiger partial charge in [0.1, 0.15) is 0 Å². The van der Waals surface area contributed by atoms with Crippen molar-refractivity contribution in [3.05, 3.63) is 12.3 Å². The number of amides is 2. The summed E-state index contributed by atoms with van der Waals surface area (Å²) < 4.78 is 5.50. The first-order valence-electron chi connectivity index (χ1n) is 6.02. The van der Waals surface area contributed by atoms with Crippen LogP contribution in [0.2, 0.25) is 0 Å². The van der Waals surface area contributed by atoms with E-state index in [9.17, 15) is 9.59 Å². The zero-order chi connectivity index (χ0) is 12.5. The molecule has 0 bridgehead atoms. The van der Waals surface area contributed by atoms with Gasteiger partial charge in [-0.3, -0.25) is 9.69 Å². The van der Waals surface area contributed by atoms with Crippen molar-refractivity contribution in [2.45, 2.75) is 31.8 Å². The Morgan fingerprint density at radius 1 is 1.47 bits per heavy atom. The van der Waals surface area contributed by atoms with Gasteiger partial charge < -0.3 is 9.64 Å². The predicted molar refractivity (Wildman–Crippen MR) is 62.2 cm³/mol. The lowest BCUT2D eigenvalue weighted by Gasteiger charge is -2.36. The van der Waals surface area contributed by atoms with Crippen LogP contribution in [0.3, 0.4) is 0 Å². The molecule has 0 unspecified atom stereocenters. The van der Waals surface area contributed by atoms with Gasteiger partial charge in [-0.15, -0.1) is 0 Å². The number of hydrogen-bond acceptors (Lipinski definition) is 3. The summed E-state index contributed by atoms with van der Waals surface area (Å²) in [6.07, 6.45) is 2.73. The zero-order valence-corrected chi connectivity index (χ0v) is 10.1. The minimum atomic E-state index is -0.564. The lowest BCUT2D eigenvalue weighted by atomic mass is 9.89. The summed E-state index contributed by atoms with van der Waals surface area (Å²) in [4.78, 5) is 25.7. The molecule has 2 heterocycles. The van der Waals surface area contributed by atoms with Crippen LogP contribution in [0.4, 0.5) is 4.79 Å². The van der Waals surface area contributed by atoms with Crippen LogP contribution in [0.15, 0.2) is 12.3 Å². The number of ether oxygens (including phenoxy) is 1. The molecular formula is C12H18N2O3. The standard InChI is InChI=1S/C12H18N2O3/c1-3-6-14-10(2)12(17-11(14)16)4-7-13(9-15)8-5-12/h9H,2-8H2,1H3. The topological polar surface area (TPSA) is 49.9 Å². The lowest BCUT2D eigenvalue weighted by molar-refractivity contribution is -0.120. The number of likely N-dealkylation sites (tertiary alicyclic amines) is 1. The number of carbonyl (C=O) groups is 2. The summed E-state index contributed by atoms with van der Waals surface area (Å²) in [7, 11) is 0. The molecule has 2 saturated heterocycles. The Bertz CT molecular complexity index is 346. The van der Waals surface area contributed by atoms with Gasteiger partial charge in [-0.05, 0) is 6.42 Å². The van der Waals surface area contributed by atoms with Gasteiger partial charge in [0.05, 0.1) is 5.70 Å². The number of rotatable bonds is 3. The van der Waals surface area contributed by atoms with Crippen molar-refractivity contribution in [2.24, 2.45) is 0 Å². The van der Waals surface area contributed by atoms with E-state index in [0.717, 1.165) is 18.5 Å². The molecule has 2 amide bonds. The van der Waals surface area contributed by atoms with Crippen LogP contribution in [-0.4, -0.2) is 47.5 Å². The number of piperidine rings is 1. The van der Waals surface area contributed by atoms with E-state index in [-0.39, 0.29) is 6.09 Å². The summed E-state index contributed by atoms with van der Waals surface area (Å²) in [5.41, 5.74) is 0.195. The largest absolute Gasteiger partial charge is 0.436 e. The monoisotopic (exact) mass is 238 g/mol. The summed E-state index contributed by atoms with van der Waals surface area (Å²) in [5.74, 6) is 0. The van der Waals surface area contributed by atoms with Crippen LogP contribution < -0.4 is 0 Å². The summed E-state index contributed by atoms with van der Waals surface area (Å²) in [6, 6.07) is 0. The van der Waals surface area contributed by atoms with E-state index in [1.807, 2.05) is 6.92 Å². The van der Waals surface area contributed by atoms with E-state index in [1.54, 1.807) is 9.80 Å². The molecule has 0 atom stereocenters. The second-order valence-electron chi connectivity index (χ2n) is 4.60. The molecule has 1 spiro atoms. The van der Waals surface area contributed by atoms with Crippen LogP contribution in [-0.2, 0) is 9.53 Å². The summed E-state index contributed by atoms with van der Waals surface area (Å²) in [5, 5.41) is 0. The van der Waals surface area contributed by atoms with E-state index >= 15 is 0 Å². The van der Waals surface area contributed by atoms with Gasteiger partial charge in [-0.1, -0.05) is 13.5 Å². The maximum absolute atomic E-state index is 11.8. The summed E-state index contributed by atoms with van der Waals surface area (Å²) >= 11 is 0. The normalized spacial score (nSPS) is 23.1. The molecule has 0 aromatic carbocycles. The maximum atomic E-state index is 11.8. The van der Waals surface area contributed by atoms with Crippen molar-refractivity contribution in [3.8, 4) is 0 Å². The van der Waals surface area contributed by atoms with Crippen LogP contribution in [0.25, 0.3) is 0 Å². The molecule has 2 fully saturated rings. The number of nitrogens with zero attached hydrogens (tertiary/aromatic N) is 2. The highest BCUT2D eigenvalue weighted by Crippen LogP contribution is 2.40. The third-order valence-electron chi connectivity index (χ3n) is 3.56. The van der Waals surface area contributed by atoms with E-state index in [1.165, 1.54) is 0 Å². The average Bonchev–Trinajstić information content (AvgIpc) is 2.56. The highest BCUT2D eigenvalue weighted by atomic mass is 16.6. The van der Waals surface area contributed by atoms with Crippen molar-refractivity contribution in [1.29, 1.82) is 0 Å². The molecule has 2 aliphatic heterocycles. The quantitative estimate of drug-likeness (QED) is 0.697. The van der Waals surface area contributed by atoms with Gasteiger partial charge in [0.15, 0.2) is 5.60 Å². The van der Waals surface area contributed by atoms with E-state index in [2.05, 4.69) is 6.58 Å². The smallest absolute Gasteiger partial charge is 0.415 e. The Morgan fingerprint density at radius 3 is 2.65 bits per heavy atom. The number of carbonyl (C=O) groups excluding carboxylic acids is 2. The van der Waals surface area contributed by atoms with Crippen LogP contribution in [0.1, 0.15) is 26.2 Å². The van der Waals surface area contributed by atoms with E-state index in [4.69, 9.17) is 4.74 Å². The van der Waals surface area contributed by atoms with Gasteiger partial charge in [0.25, 0.3) is 0 Å². The second-order valence-corrected chi connectivity index (χ2v) is 4.60. The molecule has 5 nitrogen and oxygen atoms in total. The van der Waals surface area contributed by atoms with Crippen molar-refractivity contribution in [3.63, 3.8) is 0 Å². The molecule has 0 saturated carbocycles. The van der Waals surface area contributed by atoms with Crippen LogP contribution in [0.5, 0.6) is 0 Å². The van der Waals surface area contributed by atoms with Crippen LogP contribution in [0, 0.1) is 0 Å². The Balaban J connectivity index is 2.10. The fraction of sp³-hybridized carbons (Fsp3) is 0.667. The first kappa shape index (κ1) is 12.0. The minimum Gasteiger partial charge on any atom is -0.436 e. The van der Waals surface area contributed by atoms with Gasteiger partial charge >= 0.3 is 6.09 Å². The first-order valence-corrected chi connectivity index (χ1v) is 6.02.